The third kappa shape index (κ3) is 3.29. The van der Waals surface area contributed by atoms with Gasteiger partial charge in [-0.15, -0.1) is 22.7 Å². The van der Waals surface area contributed by atoms with Crippen LogP contribution in [0.1, 0.15) is 6.85 Å². The highest BCUT2D eigenvalue weighted by atomic mass is 32.1. The maximum absolute atomic E-state index is 8.85. The molecule has 4 heterocycles. The Labute approximate surface area is 260 Å². The lowest BCUT2D eigenvalue weighted by Gasteiger charge is -2.10. The molecule has 0 aliphatic heterocycles. The standard InChI is InChI=1S/C38H21N3S2/c1-2-10-22(11-3-1)34-37-35(27-14-6-9-17-33(27)43-37)40-38(39-34)41-30-15-7-4-12-24(30)29-21-28-23(20-31(29)41)18-19-26-25-13-5-8-16-32(25)42-36(26)28/h1-21H/i1D,2D,3D,10D,11D. The van der Waals surface area contributed by atoms with Crippen molar-refractivity contribution in [2.45, 2.75) is 0 Å². The van der Waals surface area contributed by atoms with Crippen molar-refractivity contribution >= 4 is 95.7 Å². The molecule has 0 amide bonds. The van der Waals surface area contributed by atoms with E-state index in [-0.39, 0.29) is 17.6 Å². The Morgan fingerprint density at radius 1 is 0.558 bits per heavy atom. The highest BCUT2D eigenvalue weighted by Crippen LogP contribution is 2.43. The van der Waals surface area contributed by atoms with Crippen LogP contribution in [-0.2, 0) is 0 Å². The summed E-state index contributed by atoms with van der Waals surface area (Å²) < 4.78 is 49.0. The predicted molar refractivity (Wildman–Crippen MR) is 185 cm³/mol. The summed E-state index contributed by atoms with van der Waals surface area (Å²) in [7, 11) is 0. The van der Waals surface area contributed by atoms with E-state index >= 15 is 0 Å². The molecule has 5 heteroatoms. The summed E-state index contributed by atoms with van der Waals surface area (Å²) in [4.78, 5) is 10.3. The Hall–Kier alpha value is -5.10. The van der Waals surface area contributed by atoms with Gasteiger partial charge in [0.1, 0.15) is 0 Å². The van der Waals surface area contributed by atoms with Gasteiger partial charge in [0, 0.05) is 52.0 Å². The fourth-order valence-electron chi connectivity index (χ4n) is 6.40. The summed E-state index contributed by atoms with van der Waals surface area (Å²) in [5, 5.41) is 7.82. The Morgan fingerprint density at radius 3 is 2.14 bits per heavy atom. The van der Waals surface area contributed by atoms with Crippen molar-refractivity contribution in [2.24, 2.45) is 0 Å². The second kappa shape index (κ2) is 8.71. The lowest BCUT2D eigenvalue weighted by atomic mass is 10.0. The van der Waals surface area contributed by atoms with Crippen LogP contribution in [-0.4, -0.2) is 14.5 Å². The molecule has 43 heavy (non-hydrogen) atoms. The normalized spacial score (nSPS) is 13.8. The van der Waals surface area contributed by atoms with Crippen LogP contribution in [0.2, 0.25) is 0 Å². The molecular formula is C38H21N3S2. The lowest BCUT2D eigenvalue weighted by Crippen LogP contribution is -2.02. The maximum atomic E-state index is 8.85. The molecule has 0 saturated heterocycles. The predicted octanol–water partition coefficient (Wildman–Crippen LogP) is 11.1. The Bertz CT molecular complexity index is 3000. The molecule has 10 aromatic rings. The van der Waals surface area contributed by atoms with Gasteiger partial charge in [-0.1, -0.05) is 96.9 Å². The highest BCUT2D eigenvalue weighted by molar-refractivity contribution is 7.27. The summed E-state index contributed by atoms with van der Waals surface area (Å²) in [6.07, 6.45) is 0. The largest absolute Gasteiger partial charge is 0.278 e. The monoisotopic (exact) mass is 588 g/mol. The van der Waals surface area contributed by atoms with E-state index in [1.807, 2.05) is 52.3 Å². The van der Waals surface area contributed by atoms with Gasteiger partial charge in [0.25, 0.3) is 0 Å². The van der Waals surface area contributed by atoms with Crippen LogP contribution in [0.5, 0.6) is 0 Å². The molecule has 0 aliphatic rings. The minimum absolute atomic E-state index is 0.0691. The fourth-order valence-corrected chi connectivity index (χ4v) is 8.77. The van der Waals surface area contributed by atoms with Crippen LogP contribution in [0.3, 0.4) is 0 Å². The molecule has 0 bridgehead atoms. The summed E-state index contributed by atoms with van der Waals surface area (Å²) >= 11 is 3.27. The first-order valence-corrected chi connectivity index (χ1v) is 15.6. The molecular weight excluding hydrogens is 563 g/mol. The molecule has 3 nitrogen and oxygen atoms in total. The van der Waals surface area contributed by atoms with Gasteiger partial charge in [-0.2, -0.15) is 0 Å². The first-order chi connectivity index (χ1) is 23.4. The summed E-state index contributed by atoms with van der Waals surface area (Å²) in [6, 6.07) is 31.7. The fraction of sp³-hybridized carbons (Fsp3) is 0. The van der Waals surface area contributed by atoms with E-state index in [0.29, 0.717) is 21.9 Å². The van der Waals surface area contributed by atoms with Crippen LogP contribution in [0.4, 0.5) is 0 Å². The third-order valence-electron chi connectivity index (χ3n) is 8.30. The van der Waals surface area contributed by atoms with Crippen LogP contribution >= 0.6 is 22.7 Å². The van der Waals surface area contributed by atoms with Crippen molar-refractivity contribution in [3.8, 4) is 17.2 Å². The molecule has 0 aliphatic carbocycles. The highest BCUT2D eigenvalue weighted by Gasteiger charge is 2.20. The number of rotatable bonds is 2. The minimum Gasteiger partial charge on any atom is -0.278 e. The number of hydrogen-bond donors (Lipinski definition) is 0. The average Bonchev–Trinajstić information content (AvgIpc) is 3.78. The number of hydrogen-bond acceptors (Lipinski definition) is 4. The zero-order valence-corrected chi connectivity index (χ0v) is 24.0. The maximum Gasteiger partial charge on any atom is 0.235 e. The van der Waals surface area contributed by atoms with E-state index in [9.17, 15) is 0 Å². The summed E-state index contributed by atoms with van der Waals surface area (Å²) in [6.45, 7) is 0. The van der Waals surface area contributed by atoms with E-state index < -0.39 is 18.1 Å². The second-order valence-corrected chi connectivity index (χ2v) is 12.7. The number of para-hydroxylation sites is 1. The molecule has 0 spiro atoms. The molecule has 4 aromatic heterocycles. The quantitative estimate of drug-likeness (QED) is 0.201. The summed E-state index contributed by atoms with van der Waals surface area (Å²) in [5.74, 6) is 0.376. The van der Waals surface area contributed by atoms with E-state index in [1.54, 1.807) is 0 Å². The average molecular weight is 589 g/mol. The van der Waals surface area contributed by atoms with Gasteiger partial charge in [-0.05, 0) is 35.7 Å². The Morgan fingerprint density at radius 2 is 1.28 bits per heavy atom. The Kier molecular flexibility index (Phi) is 3.88. The van der Waals surface area contributed by atoms with E-state index in [4.69, 9.17) is 16.8 Å². The van der Waals surface area contributed by atoms with Crippen molar-refractivity contribution in [3.63, 3.8) is 0 Å². The first kappa shape index (κ1) is 19.2. The number of thiophene rings is 2. The van der Waals surface area contributed by atoms with Gasteiger partial charge in [0.15, 0.2) is 0 Å². The van der Waals surface area contributed by atoms with Crippen LogP contribution in [0.25, 0.3) is 90.3 Å². The van der Waals surface area contributed by atoms with Gasteiger partial charge in [0.05, 0.1) is 33.8 Å². The molecule has 0 unspecified atom stereocenters. The molecule has 0 saturated carbocycles. The molecule has 10 rings (SSSR count). The number of nitrogens with zero attached hydrogens (tertiary/aromatic N) is 3. The van der Waals surface area contributed by atoms with Crippen LogP contribution < -0.4 is 0 Å². The molecule has 0 radical (unpaired) electrons. The van der Waals surface area contributed by atoms with Gasteiger partial charge in [0.2, 0.25) is 5.95 Å². The SMILES string of the molecule is [2H]c1c([2H])c([2H])c(-c2nc(-n3c4ccccc4c4cc5c(ccc6c7ccccc7sc56)cc43)nc3c2sc2ccccc23)c([2H])c1[2H]. The number of benzene rings is 6. The van der Waals surface area contributed by atoms with Gasteiger partial charge < -0.3 is 0 Å². The smallest absolute Gasteiger partial charge is 0.235 e. The van der Waals surface area contributed by atoms with Gasteiger partial charge >= 0.3 is 0 Å². The third-order valence-corrected chi connectivity index (χ3v) is 10.7. The first-order valence-electron chi connectivity index (χ1n) is 16.4. The van der Waals surface area contributed by atoms with Crippen molar-refractivity contribution in [3.05, 3.63) is 127 Å². The van der Waals surface area contributed by atoms with E-state index in [2.05, 4.69) is 60.7 Å². The Balaban J connectivity index is 1.35. The molecule has 0 N–H and O–H groups in total. The van der Waals surface area contributed by atoms with Crippen molar-refractivity contribution in [1.82, 2.24) is 14.5 Å². The molecule has 200 valence electrons. The second-order valence-electron chi connectivity index (χ2n) is 10.6. The van der Waals surface area contributed by atoms with Crippen molar-refractivity contribution in [2.75, 3.05) is 0 Å². The minimum atomic E-state index is -0.433. The zero-order valence-electron chi connectivity index (χ0n) is 27.4. The molecule has 0 atom stereocenters. The van der Waals surface area contributed by atoms with E-state index in [0.717, 1.165) is 37.3 Å². The van der Waals surface area contributed by atoms with Crippen LogP contribution in [0, 0.1) is 0 Å². The van der Waals surface area contributed by atoms with Crippen molar-refractivity contribution in [1.29, 1.82) is 0 Å². The lowest BCUT2D eigenvalue weighted by molar-refractivity contribution is 1.02. The van der Waals surface area contributed by atoms with Gasteiger partial charge in [-0.25, -0.2) is 9.97 Å². The van der Waals surface area contributed by atoms with E-state index in [1.165, 1.54) is 36.9 Å². The van der Waals surface area contributed by atoms with Crippen molar-refractivity contribution < 1.29 is 6.85 Å². The molecule has 6 aromatic carbocycles. The molecule has 0 fully saturated rings. The van der Waals surface area contributed by atoms with Gasteiger partial charge in [-0.3, -0.25) is 4.57 Å². The van der Waals surface area contributed by atoms with Crippen LogP contribution in [0.15, 0.2) is 127 Å². The summed E-state index contributed by atoms with van der Waals surface area (Å²) in [5.41, 5.74) is 2.92. The number of aromatic nitrogens is 3. The number of fused-ring (bicyclic) bond motifs is 11. The topological polar surface area (TPSA) is 30.7 Å². The zero-order chi connectivity index (χ0) is 32.4.